The van der Waals surface area contributed by atoms with Crippen molar-refractivity contribution < 1.29 is 4.92 Å². The average molecular weight is 281 g/mol. The Morgan fingerprint density at radius 2 is 2.06 bits per heavy atom. The van der Waals surface area contributed by atoms with Gasteiger partial charge in [0.25, 0.3) is 5.69 Å². The summed E-state index contributed by atoms with van der Waals surface area (Å²) in [6.45, 7) is 0. The summed E-state index contributed by atoms with van der Waals surface area (Å²) in [4.78, 5) is 14.6. The van der Waals surface area contributed by atoms with Crippen molar-refractivity contribution in [2.75, 3.05) is 0 Å². The first-order valence-electron chi connectivity index (χ1n) is 5.14. The molecule has 1 aromatic heterocycles. The normalized spacial score (nSPS) is 10.3. The topological polar surface area (TPSA) is 56.0 Å². The van der Waals surface area contributed by atoms with Gasteiger partial charge in [0.05, 0.1) is 9.95 Å². The van der Waals surface area contributed by atoms with Crippen LogP contribution in [-0.4, -0.2) is 9.91 Å². The van der Waals surface area contributed by atoms with Crippen molar-refractivity contribution in [3.05, 3.63) is 63.3 Å². The first kappa shape index (κ1) is 12.9. The van der Waals surface area contributed by atoms with Gasteiger partial charge in [0.2, 0.25) is 0 Å². The monoisotopic (exact) mass is 280 g/mol. The molecule has 0 fully saturated rings. The van der Waals surface area contributed by atoms with Crippen LogP contribution < -0.4 is 0 Å². The lowest BCUT2D eigenvalue weighted by molar-refractivity contribution is -0.385. The fourth-order valence-electron chi connectivity index (χ4n) is 1.43. The number of nitro benzene ring substituents is 1. The smallest absolute Gasteiger partial charge is 0.258 e. The minimum atomic E-state index is -0.379. The van der Waals surface area contributed by atoms with E-state index < -0.39 is 0 Å². The molecule has 0 aliphatic carbocycles. The minimum absolute atomic E-state index is 0.122. The van der Waals surface area contributed by atoms with Gasteiger partial charge in [0.1, 0.15) is 5.03 Å². The van der Waals surface area contributed by atoms with Crippen LogP contribution in [0, 0.1) is 10.1 Å². The lowest BCUT2D eigenvalue weighted by Crippen LogP contribution is -1.93. The maximum absolute atomic E-state index is 10.9. The third-order valence-corrected chi connectivity index (χ3v) is 3.75. The number of para-hydroxylation sites is 1. The highest BCUT2D eigenvalue weighted by Crippen LogP contribution is 2.30. The number of pyridine rings is 1. The number of hydrogen-bond acceptors (Lipinski definition) is 4. The van der Waals surface area contributed by atoms with Gasteiger partial charge in [0.15, 0.2) is 0 Å². The van der Waals surface area contributed by atoms with Crippen molar-refractivity contribution in [3.8, 4) is 0 Å². The van der Waals surface area contributed by atoms with E-state index in [1.54, 1.807) is 36.5 Å². The van der Waals surface area contributed by atoms with Gasteiger partial charge in [-0.15, -0.1) is 0 Å². The Hall–Kier alpha value is -1.59. The first-order chi connectivity index (χ1) is 8.68. The summed E-state index contributed by atoms with van der Waals surface area (Å²) < 4.78 is 0. The number of nitrogens with zero attached hydrogens (tertiary/aromatic N) is 2. The molecule has 0 bridgehead atoms. The van der Waals surface area contributed by atoms with Crippen LogP contribution in [0.1, 0.15) is 5.56 Å². The number of rotatable bonds is 4. The minimum Gasteiger partial charge on any atom is -0.258 e. The number of nitro groups is 1. The Kier molecular flexibility index (Phi) is 4.17. The van der Waals surface area contributed by atoms with Gasteiger partial charge in [-0.1, -0.05) is 41.6 Å². The van der Waals surface area contributed by atoms with E-state index in [0.29, 0.717) is 21.4 Å². The molecule has 1 aromatic carbocycles. The molecule has 0 saturated heterocycles. The molecule has 0 aliphatic rings. The van der Waals surface area contributed by atoms with E-state index in [4.69, 9.17) is 11.6 Å². The molecule has 0 unspecified atom stereocenters. The molecule has 0 spiro atoms. The van der Waals surface area contributed by atoms with Crippen LogP contribution in [0.3, 0.4) is 0 Å². The zero-order valence-corrected chi connectivity index (χ0v) is 10.8. The number of aromatic nitrogens is 1. The highest BCUT2D eigenvalue weighted by atomic mass is 35.5. The molecule has 0 amide bonds. The van der Waals surface area contributed by atoms with Gasteiger partial charge in [0, 0.05) is 23.6 Å². The molecule has 1 heterocycles. The predicted molar refractivity (Wildman–Crippen MR) is 71.9 cm³/mol. The van der Waals surface area contributed by atoms with Crippen LogP contribution in [0.15, 0.2) is 47.6 Å². The molecule has 0 atom stereocenters. The lowest BCUT2D eigenvalue weighted by atomic mass is 10.2. The van der Waals surface area contributed by atoms with Crippen molar-refractivity contribution in [1.29, 1.82) is 0 Å². The van der Waals surface area contributed by atoms with Crippen LogP contribution in [-0.2, 0) is 5.75 Å². The molecule has 2 aromatic rings. The summed E-state index contributed by atoms with van der Waals surface area (Å²) in [7, 11) is 0. The largest absolute Gasteiger partial charge is 0.273 e. The summed E-state index contributed by atoms with van der Waals surface area (Å²) in [5.74, 6) is 0.466. The maximum atomic E-state index is 10.9. The van der Waals surface area contributed by atoms with Gasteiger partial charge in [-0.05, 0) is 12.1 Å². The van der Waals surface area contributed by atoms with E-state index in [9.17, 15) is 10.1 Å². The summed E-state index contributed by atoms with van der Waals surface area (Å²) in [5, 5.41) is 12.1. The van der Waals surface area contributed by atoms with Crippen molar-refractivity contribution in [2.24, 2.45) is 0 Å². The molecular formula is C12H9ClN2O2S. The standard InChI is InChI=1S/C12H9ClN2O2S/c13-10-5-3-7-14-12(10)18-8-9-4-1-2-6-11(9)15(16)17/h1-7H,8H2. The molecule has 0 saturated carbocycles. The second kappa shape index (κ2) is 5.84. The highest BCUT2D eigenvalue weighted by molar-refractivity contribution is 7.98. The fourth-order valence-corrected chi connectivity index (χ4v) is 2.60. The van der Waals surface area contributed by atoms with Crippen molar-refractivity contribution in [1.82, 2.24) is 4.98 Å². The van der Waals surface area contributed by atoms with Crippen LogP contribution in [0.4, 0.5) is 5.69 Å². The van der Waals surface area contributed by atoms with Crippen LogP contribution in [0.25, 0.3) is 0 Å². The summed E-state index contributed by atoms with van der Waals surface area (Å²) in [6, 6.07) is 10.2. The zero-order chi connectivity index (χ0) is 13.0. The maximum Gasteiger partial charge on any atom is 0.273 e. The van der Waals surface area contributed by atoms with Gasteiger partial charge in [-0.2, -0.15) is 0 Å². The fraction of sp³-hybridized carbons (Fsp3) is 0.0833. The second-order valence-corrected chi connectivity index (χ2v) is 4.84. The quantitative estimate of drug-likeness (QED) is 0.484. The third kappa shape index (κ3) is 3.00. The molecule has 92 valence electrons. The predicted octanol–water partition coefficient (Wildman–Crippen LogP) is 3.94. The number of halogens is 1. The second-order valence-electron chi connectivity index (χ2n) is 3.46. The first-order valence-corrected chi connectivity index (χ1v) is 6.50. The molecular weight excluding hydrogens is 272 g/mol. The van der Waals surface area contributed by atoms with Gasteiger partial charge in [-0.3, -0.25) is 10.1 Å². The van der Waals surface area contributed by atoms with Crippen molar-refractivity contribution in [3.63, 3.8) is 0 Å². The van der Waals surface area contributed by atoms with E-state index in [1.165, 1.54) is 17.8 Å². The van der Waals surface area contributed by atoms with E-state index >= 15 is 0 Å². The molecule has 4 nitrogen and oxygen atoms in total. The third-order valence-electron chi connectivity index (χ3n) is 2.28. The Morgan fingerprint density at radius 3 is 2.78 bits per heavy atom. The SMILES string of the molecule is O=[N+]([O-])c1ccccc1CSc1ncccc1Cl. The van der Waals surface area contributed by atoms with Crippen LogP contribution in [0.5, 0.6) is 0 Å². The Morgan fingerprint density at radius 1 is 1.28 bits per heavy atom. The molecule has 18 heavy (non-hydrogen) atoms. The van der Waals surface area contributed by atoms with E-state index in [-0.39, 0.29) is 10.6 Å². The number of benzene rings is 1. The molecule has 0 N–H and O–H groups in total. The van der Waals surface area contributed by atoms with Crippen molar-refractivity contribution in [2.45, 2.75) is 10.8 Å². The lowest BCUT2D eigenvalue weighted by Gasteiger charge is -2.03. The molecule has 2 rings (SSSR count). The van der Waals surface area contributed by atoms with Crippen molar-refractivity contribution >= 4 is 29.1 Å². The Bertz CT molecular complexity index is 578. The van der Waals surface area contributed by atoms with Gasteiger partial charge >= 0.3 is 0 Å². The van der Waals surface area contributed by atoms with Crippen LogP contribution in [0.2, 0.25) is 5.02 Å². The highest BCUT2D eigenvalue weighted by Gasteiger charge is 2.13. The van der Waals surface area contributed by atoms with E-state index in [0.717, 1.165) is 0 Å². The Balaban J connectivity index is 2.16. The van der Waals surface area contributed by atoms with Gasteiger partial charge in [-0.25, -0.2) is 4.98 Å². The summed E-state index contributed by atoms with van der Waals surface area (Å²) in [6.07, 6.45) is 1.65. The zero-order valence-electron chi connectivity index (χ0n) is 9.25. The van der Waals surface area contributed by atoms with E-state index in [2.05, 4.69) is 4.98 Å². The Labute approximate surface area is 113 Å². The summed E-state index contributed by atoms with van der Waals surface area (Å²) in [5.41, 5.74) is 0.784. The molecule has 0 aliphatic heterocycles. The van der Waals surface area contributed by atoms with E-state index in [1.807, 2.05) is 0 Å². The number of hydrogen-bond donors (Lipinski definition) is 0. The average Bonchev–Trinajstić information content (AvgIpc) is 2.38. The molecule has 0 radical (unpaired) electrons. The number of thioether (sulfide) groups is 1. The molecule has 6 heteroatoms. The van der Waals surface area contributed by atoms with Gasteiger partial charge < -0.3 is 0 Å². The van der Waals surface area contributed by atoms with Crippen LogP contribution >= 0.6 is 23.4 Å². The summed E-state index contributed by atoms with van der Waals surface area (Å²) >= 11 is 7.36.